The number of anilines is 3. The van der Waals surface area contributed by atoms with E-state index in [0.717, 1.165) is 22.7 Å². The molecule has 0 saturated heterocycles. The molecule has 0 spiro atoms. The van der Waals surface area contributed by atoms with Gasteiger partial charge in [0.15, 0.2) is 5.82 Å². The first kappa shape index (κ1) is 14.0. The molecule has 2 aliphatic rings. The summed E-state index contributed by atoms with van der Waals surface area (Å²) >= 11 is 11.9. The molecule has 0 radical (unpaired) electrons. The van der Waals surface area contributed by atoms with Gasteiger partial charge in [-0.1, -0.05) is 23.7 Å². The summed E-state index contributed by atoms with van der Waals surface area (Å²) in [6.45, 7) is 0.444. The largest absolute Gasteiger partial charge is 0.332 e. The molecule has 114 valence electrons. The number of halogens is 2. The molecular weight excluding hydrogens is 347 g/mol. The van der Waals surface area contributed by atoms with Crippen molar-refractivity contribution in [1.29, 1.82) is 0 Å². The molecule has 6 nitrogen and oxygen atoms in total. The van der Waals surface area contributed by atoms with Crippen molar-refractivity contribution in [3.63, 3.8) is 0 Å². The van der Waals surface area contributed by atoms with Crippen molar-refractivity contribution in [1.82, 2.24) is 9.97 Å². The van der Waals surface area contributed by atoms with Crippen molar-refractivity contribution < 1.29 is 8.42 Å². The molecule has 1 aromatic heterocycles. The van der Waals surface area contributed by atoms with Crippen LogP contribution in [0, 0.1) is 0 Å². The lowest BCUT2D eigenvalue weighted by atomic mass is 10.0. The van der Waals surface area contributed by atoms with Gasteiger partial charge < -0.3 is 0 Å². The number of aromatic nitrogens is 2. The summed E-state index contributed by atoms with van der Waals surface area (Å²) < 4.78 is 28.4. The van der Waals surface area contributed by atoms with Crippen LogP contribution in [0.5, 0.6) is 0 Å². The lowest BCUT2D eigenvalue weighted by Gasteiger charge is -2.24. The van der Waals surface area contributed by atoms with Gasteiger partial charge in [-0.05, 0) is 36.1 Å². The smallest absolute Gasteiger partial charge is 0.251 e. The van der Waals surface area contributed by atoms with Gasteiger partial charge >= 0.3 is 10.2 Å². The van der Waals surface area contributed by atoms with Crippen LogP contribution >= 0.6 is 23.2 Å². The van der Waals surface area contributed by atoms with Crippen molar-refractivity contribution in [3.8, 4) is 0 Å². The highest BCUT2D eigenvalue weighted by Gasteiger charge is 2.45. The molecule has 0 N–H and O–H groups in total. The number of benzene rings is 1. The third kappa shape index (κ3) is 1.82. The third-order valence-electron chi connectivity index (χ3n) is 3.77. The van der Waals surface area contributed by atoms with E-state index >= 15 is 0 Å². The molecule has 0 amide bonds. The topological polar surface area (TPSA) is 66.4 Å². The lowest BCUT2D eigenvalue weighted by Crippen LogP contribution is -2.38. The molecule has 0 atom stereocenters. The van der Waals surface area contributed by atoms with Gasteiger partial charge in [0.05, 0.1) is 17.6 Å². The molecule has 0 saturated carbocycles. The molecule has 0 unspecified atom stereocenters. The van der Waals surface area contributed by atoms with Crippen molar-refractivity contribution >= 4 is 50.6 Å². The Hall–Kier alpha value is -1.57. The molecule has 4 rings (SSSR count). The number of hydrogen-bond acceptors (Lipinski definition) is 4. The highest BCUT2D eigenvalue weighted by Crippen LogP contribution is 2.49. The second kappa shape index (κ2) is 4.71. The SMILES string of the molecule is O=S1(=O)N2CCCc3cccc(c32)N1c1nc(Cl)ncc1Cl. The average molecular weight is 357 g/mol. The zero-order chi connectivity index (χ0) is 15.5. The second-order valence-corrected chi connectivity index (χ2v) is 7.49. The third-order valence-corrected chi connectivity index (χ3v) is 5.97. The summed E-state index contributed by atoms with van der Waals surface area (Å²) in [4.78, 5) is 7.78. The lowest BCUT2D eigenvalue weighted by molar-refractivity contribution is 0.590. The van der Waals surface area contributed by atoms with E-state index in [1.165, 1.54) is 10.5 Å². The number of para-hydroxylation sites is 1. The van der Waals surface area contributed by atoms with Gasteiger partial charge in [0.1, 0.15) is 5.02 Å². The van der Waals surface area contributed by atoms with Crippen LogP contribution in [0.2, 0.25) is 10.3 Å². The monoisotopic (exact) mass is 356 g/mol. The van der Waals surface area contributed by atoms with Crippen LogP contribution < -0.4 is 8.61 Å². The van der Waals surface area contributed by atoms with Gasteiger partial charge in [-0.15, -0.1) is 0 Å². The van der Waals surface area contributed by atoms with E-state index in [4.69, 9.17) is 23.2 Å². The molecular formula is C13H10Cl2N4O2S. The Kier molecular flexibility index (Phi) is 3.01. The number of nitrogens with zero attached hydrogens (tertiary/aromatic N) is 4. The maximum Gasteiger partial charge on any atom is 0.332 e. The fraction of sp³-hybridized carbons (Fsp3) is 0.231. The van der Waals surface area contributed by atoms with Crippen LogP contribution in [0.4, 0.5) is 17.2 Å². The minimum absolute atomic E-state index is 0.0550. The molecule has 9 heteroatoms. The van der Waals surface area contributed by atoms with Crippen LogP contribution in [0.25, 0.3) is 0 Å². The summed E-state index contributed by atoms with van der Waals surface area (Å²) in [5.74, 6) is 0.0736. The first-order valence-electron chi connectivity index (χ1n) is 6.63. The van der Waals surface area contributed by atoms with Gasteiger partial charge in [0.2, 0.25) is 5.28 Å². The zero-order valence-corrected chi connectivity index (χ0v) is 13.5. The van der Waals surface area contributed by atoms with Gasteiger partial charge in [0.25, 0.3) is 0 Å². The summed E-state index contributed by atoms with van der Waals surface area (Å²) in [5, 5.41) is 0.0750. The van der Waals surface area contributed by atoms with Crippen LogP contribution in [-0.2, 0) is 16.6 Å². The highest BCUT2D eigenvalue weighted by molar-refractivity contribution is 7.95. The predicted molar refractivity (Wildman–Crippen MR) is 85.2 cm³/mol. The predicted octanol–water partition coefficient (Wildman–Crippen LogP) is 2.93. The Morgan fingerprint density at radius 2 is 2.05 bits per heavy atom. The Labute approximate surface area is 137 Å². The van der Waals surface area contributed by atoms with Crippen molar-refractivity contribution in [2.45, 2.75) is 12.8 Å². The van der Waals surface area contributed by atoms with E-state index in [9.17, 15) is 8.42 Å². The quantitative estimate of drug-likeness (QED) is 0.736. The number of rotatable bonds is 1. The Morgan fingerprint density at radius 1 is 1.23 bits per heavy atom. The second-order valence-electron chi connectivity index (χ2n) is 5.04. The molecule has 0 fully saturated rings. The first-order valence-corrected chi connectivity index (χ1v) is 8.78. The molecule has 1 aromatic carbocycles. The fourth-order valence-electron chi connectivity index (χ4n) is 2.91. The highest BCUT2D eigenvalue weighted by atomic mass is 35.5. The maximum absolute atomic E-state index is 12.9. The van der Waals surface area contributed by atoms with E-state index in [2.05, 4.69) is 9.97 Å². The molecule has 0 aliphatic carbocycles. The Balaban J connectivity index is 2.02. The maximum atomic E-state index is 12.9. The van der Waals surface area contributed by atoms with Crippen molar-refractivity contribution in [3.05, 3.63) is 40.3 Å². The number of aryl methyl sites for hydroxylation is 1. The zero-order valence-electron chi connectivity index (χ0n) is 11.2. The van der Waals surface area contributed by atoms with Crippen LogP contribution in [0.3, 0.4) is 0 Å². The average Bonchev–Trinajstić information content (AvgIpc) is 2.72. The van der Waals surface area contributed by atoms with E-state index in [0.29, 0.717) is 17.9 Å². The summed E-state index contributed by atoms with van der Waals surface area (Å²) in [7, 11) is -3.77. The minimum atomic E-state index is -3.77. The molecule has 2 aliphatic heterocycles. The van der Waals surface area contributed by atoms with Crippen molar-refractivity contribution in [2.75, 3.05) is 15.2 Å². The Morgan fingerprint density at radius 3 is 2.86 bits per heavy atom. The standard InChI is InChI=1S/C13H10Cl2N4O2S/c14-9-7-16-13(15)17-12(9)19-10-5-1-3-8-4-2-6-18(11(8)10)22(19,20)21/h1,3,5,7H,2,4,6H2. The van der Waals surface area contributed by atoms with Crippen molar-refractivity contribution in [2.24, 2.45) is 0 Å². The van der Waals surface area contributed by atoms with Gasteiger partial charge in [0, 0.05) is 6.54 Å². The van der Waals surface area contributed by atoms with Crippen LogP contribution in [-0.4, -0.2) is 24.9 Å². The van der Waals surface area contributed by atoms with E-state index in [1.807, 2.05) is 12.1 Å². The molecule has 2 aromatic rings. The molecule has 22 heavy (non-hydrogen) atoms. The summed E-state index contributed by atoms with van der Waals surface area (Å²) in [5.41, 5.74) is 2.26. The Bertz CT molecular complexity index is 888. The van der Waals surface area contributed by atoms with E-state index < -0.39 is 10.2 Å². The summed E-state index contributed by atoms with van der Waals surface area (Å²) in [6, 6.07) is 5.52. The van der Waals surface area contributed by atoms with Gasteiger partial charge in [-0.3, -0.25) is 4.31 Å². The van der Waals surface area contributed by atoms with Gasteiger partial charge in [-0.25, -0.2) is 9.29 Å². The molecule has 3 heterocycles. The van der Waals surface area contributed by atoms with Gasteiger partial charge in [-0.2, -0.15) is 13.4 Å². The minimum Gasteiger partial charge on any atom is -0.251 e. The normalized spacial score (nSPS) is 18.5. The number of hydrogen-bond donors (Lipinski definition) is 0. The van der Waals surface area contributed by atoms with Crippen LogP contribution in [0.1, 0.15) is 12.0 Å². The summed E-state index contributed by atoms with van der Waals surface area (Å²) in [6.07, 6.45) is 2.93. The fourth-order valence-corrected chi connectivity index (χ4v) is 5.02. The first-order chi connectivity index (χ1) is 10.5. The van der Waals surface area contributed by atoms with Crippen LogP contribution in [0.15, 0.2) is 24.4 Å². The molecule has 0 bridgehead atoms. The van der Waals surface area contributed by atoms with E-state index in [1.54, 1.807) is 6.07 Å². The van der Waals surface area contributed by atoms with E-state index in [-0.39, 0.29) is 16.1 Å².